The van der Waals surface area contributed by atoms with Crippen LogP contribution in [-0.4, -0.2) is 38.7 Å². The highest BCUT2D eigenvalue weighted by molar-refractivity contribution is 7.89. The van der Waals surface area contributed by atoms with Crippen LogP contribution in [-0.2, 0) is 27.8 Å². The van der Waals surface area contributed by atoms with Gasteiger partial charge in [-0.2, -0.15) is 0 Å². The summed E-state index contributed by atoms with van der Waals surface area (Å²) in [7, 11) is -0.619. The Morgan fingerprint density at radius 2 is 2.00 bits per heavy atom. The second-order valence-electron chi connectivity index (χ2n) is 6.45. The van der Waals surface area contributed by atoms with Crippen LogP contribution >= 0.6 is 0 Å². The van der Waals surface area contributed by atoms with Crippen LogP contribution in [0.2, 0.25) is 0 Å². The lowest BCUT2D eigenvalue weighted by atomic mass is 10.2. The first-order valence-electron chi connectivity index (χ1n) is 8.74. The fraction of sp³-hybridized carbons (Fsp3) is 0.211. The summed E-state index contributed by atoms with van der Waals surface area (Å²) in [6.45, 7) is -0.166. The number of rotatable bonds is 6. The number of likely N-dealkylation sites (N-methyl/N-ethyl adjacent to an activating group) is 1. The number of hydrogen-bond donors (Lipinski definition) is 1. The predicted molar refractivity (Wildman–Crippen MR) is 104 cm³/mol. The van der Waals surface area contributed by atoms with Crippen molar-refractivity contribution in [3.05, 3.63) is 53.9 Å². The molecule has 0 saturated carbocycles. The smallest absolute Gasteiger partial charge is 0.251 e. The average molecular weight is 414 g/mol. The van der Waals surface area contributed by atoms with E-state index in [-0.39, 0.29) is 35.5 Å². The molecule has 0 spiro atoms. The van der Waals surface area contributed by atoms with E-state index in [2.05, 4.69) is 14.9 Å². The minimum absolute atomic E-state index is 0.0720. The number of para-hydroxylation sites is 1. The number of nitrogens with zero attached hydrogens (tertiary/aromatic N) is 3. The molecule has 1 aliphatic rings. The molecule has 0 unspecified atom stereocenters. The van der Waals surface area contributed by atoms with E-state index in [4.69, 9.17) is 9.15 Å². The molecule has 3 aromatic rings. The number of carbonyl (C=O) groups is 1. The number of methoxy groups -OCH3 is 1. The second kappa shape index (κ2) is 7.30. The van der Waals surface area contributed by atoms with Crippen LogP contribution in [0.3, 0.4) is 0 Å². The largest absolute Gasteiger partial charge is 0.496 e. The van der Waals surface area contributed by atoms with Crippen LogP contribution < -0.4 is 14.4 Å². The number of hydrogen-bond acceptors (Lipinski definition) is 7. The van der Waals surface area contributed by atoms with E-state index >= 15 is 0 Å². The van der Waals surface area contributed by atoms with Crippen LogP contribution in [0.15, 0.2) is 51.8 Å². The van der Waals surface area contributed by atoms with E-state index in [1.165, 1.54) is 24.1 Å². The molecule has 9 nitrogen and oxygen atoms in total. The molecule has 0 fully saturated rings. The number of sulfonamides is 1. The summed E-state index contributed by atoms with van der Waals surface area (Å²) < 4.78 is 38.5. The Labute approximate surface area is 167 Å². The first kappa shape index (κ1) is 19.1. The van der Waals surface area contributed by atoms with E-state index in [0.29, 0.717) is 22.6 Å². The van der Waals surface area contributed by atoms with E-state index in [0.717, 1.165) is 0 Å². The van der Waals surface area contributed by atoms with Crippen molar-refractivity contribution in [1.29, 1.82) is 0 Å². The van der Waals surface area contributed by atoms with Gasteiger partial charge in [-0.25, -0.2) is 13.1 Å². The summed E-state index contributed by atoms with van der Waals surface area (Å²) in [6.07, 6.45) is 0.182. The van der Waals surface area contributed by atoms with E-state index in [1.54, 1.807) is 31.3 Å². The van der Waals surface area contributed by atoms with Gasteiger partial charge in [0, 0.05) is 12.7 Å². The maximum absolute atomic E-state index is 12.6. The molecule has 0 radical (unpaired) electrons. The molecule has 1 amide bonds. The Morgan fingerprint density at radius 3 is 2.79 bits per heavy atom. The molecule has 0 saturated heterocycles. The van der Waals surface area contributed by atoms with E-state index in [9.17, 15) is 13.2 Å². The van der Waals surface area contributed by atoms with Crippen LogP contribution in [0, 0.1) is 0 Å². The van der Waals surface area contributed by atoms with Crippen molar-refractivity contribution < 1.29 is 22.4 Å². The molecule has 29 heavy (non-hydrogen) atoms. The molecule has 0 bridgehead atoms. The summed E-state index contributed by atoms with van der Waals surface area (Å²) in [5.41, 5.74) is 2.01. The number of anilines is 1. The van der Waals surface area contributed by atoms with Gasteiger partial charge in [-0.1, -0.05) is 12.1 Å². The quantitative estimate of drug-likeness (QED) is 0.653. The number of ether oxygens (including phenoxy) is 1. The van der Waals surface area contributed by atoms with Crippen LogP contribution in [0.25, 0.3) is 11.5 Å². The minimum atomic E-state index is -3.82. The molecule has 4 rings (SSSR count). The SMILES string of the molecule is COc1ccccc1-c1nnc(CNS(=O)(=O)c2ccc3c(c2)CC(=O)N3C)o1. The van der Waals surface area contributed by atoms with Crippen molar-refractivity contribution in [2.75, 3.05) is 19.1 Å². The predicted octanol–water partition coefficient (Wildman–Crippen LogP) is 1.74. The first-order chi connectivity index (χ1) is 13.9. The van der Waals surface area contributed by atoms with Gasteiger partial charge in [0.25, 0.3) is 5.89 Å². The topological polar surface area (TPSA) is 115 Å². The fourth-order valence-electron chi connectivity index (χ4n) is 3.11. The van der Waals surface area contributed by atoms with Gasteiger partial charge in [0.15, 0.2) is 0 Å². The average Bonchev–Trinajstić information content (AvgIpc) is 3.31. The number of amides is 1. The number of nitrogens with one attached hydrogen (secondary N) is 1. The molecule has 1 aliphatic heterocycles. The third-order valence-electron chi connectivity index (χ3n) is 4.66. The molecular formula is C19H18N4O5S. The first-order valence-corrected chi connectivity index (χ1v) is 10.2. The Kier molecular flexibility index (Phi) is 4.81. The molecular weight excluding hydrogens is 396 g/mol. The Bertz CT molecular complexity index is 1190. The van der Waals surface area contributed by atoms with Gasteiger partial charge in [-0.15, -0.1) is 10.2 Å². The standard InChI is InChI=1S/C19H18N4O5S/c1-23-15-8-7-13(9-12(15)10-18(23)24)29(25,26)20-11-17-21-22-19(28-17)14-5-3-4-6-16(14)27-2/h3-9,20H,10-11H2,1-2H3. The number of carbonyl (C=O) groups excluding carboxylic acids is 1. The highest BCUT2D eigenvalue weighted by Crippen LogP contribution is 2.30. The van der Waals surface area contributed by atoms with E-state index in [1.807, 2.05) is 6.07 Å². The molecule has 150 valence electrons. The summed E-state index contributed by atoms with van der Waals surface area (Å²) in [5.74, 6) is 0.847. The summed E-state index contributed by atoms with van der Waals surface area (Å²) in [4.78, 5) is 13.4. The van der Waals surface area contributed by atoms with Crippen molar-refractivity contribution in [2.45, 2.75) is 17.9 Å². The second-order valence-corrected chi connectivity index (χ2v) is 8.21. The van der Waals surface area contributed by atoms with Crippen LogP contribution in [0.5, 0.6) is 5.75 Å². The van der Waals surface area contributed by atoms with Gasteiger partial charge in [-0.3, -0.25) is 4.79 Å². The number of benzene rings is 2. The Balaban J connectivity index is 1.50. The van der Waals surface area contributed by atoms with Gasteiger partial charge in [0.2, 0.25) is 21.8 Å². The van der Waals surface area contributed by atoms with Gasteiger partial charge in [-0.05, 0) is 35.9 Å². The molecule has 0 atom stereocenters. The van der Waals surface area contributed by atoms with Crippen molar-refractivity contribution in [3.8, 4) is 17.2 Å². The zero-order valence-corrected chi connectivity index (χ0v) is 16.6. The van der Waals surface area contributed by atoms with Crippen LogP contribution in [0.4, 0.5) is 5.69 Å². The minimum Gasteiger partial charge on any atom is -0.496 e. The third-order valence-corrected chi connectivity index (χ3v) is 6.05. The lowest BCUT2D eigenvalue weighted by molar-refractivity contribution is -0.117. The maximum atomic E-state index is 12.6. The Morgan fingerprint density at radius 1 is 1.21 bits per heavy atom. The van der Waals surface area contributed by atoms with Crippen molar-refractivity contribution in [3.63, 3.8) is 0 Å². The molecule has 10 heteroatoms. The molecule has 2 aromatic carbocycles. The van der Waals surface area contributed by atoms with Crippen LogP contribution in [0.1, 0.15) is 11.5 Å². The van der Waals surface area contributed by atoms with Crippen molar-refractivity contribution >= 4 is 21.6 Å². The molecule has 2 heterocycles. The van der Waals surface area contributed by atoms with Gasteiger partial charge in [0.05, 0.1) is 30.5 Å². The van der Waals surface area contributed by atoms with Gasteiger partial charge >= 0.3 is 0 Å². The lowest BCUT2D eigenvalue weighted by Gasteiger charge is -2.11. The Hall–Kier alpha value is -3.24. The normalized spacial score (nSPS) is 13.6. The zero-order valence-electron chi connectivity index (χ0n) is 15.7. The molecule has 1 aromatic heterocycles. The highest BCUT2D eigenvalue weighted by Gasteiger charge is 2.26. The number of fused-ring (bicyclic) bond motifs is 1. The monoisotopic (exact) mass is 414 g/mol. The molecule has 1 N–H and O–H groups in total. The summed E-state index contributed by atoms with van der Waals surface area (Å²) in [6, 6.07) is 11.7. The van der Waals surface area contributed by atoms with E-state index < -0.39 is 10.0 Å². The molecule has 0 aliphatic carbocycles. The number of aromatic nitrogens is 2. The lowest BCUT2D eigenvalue weighted by Crippen LogP contribution is -2.23. The summed E-state index contributed by atoms with van der Waals surface area (Å²) >= 11 is 0. The van der Waals surface area contributed by atoms with Gasteiger partial charge < -0.3 is 14.1 Å². The maximum Gasteiger partial charge on any atom is 0.251 e. The third kappa shape index (κ3) is 3.59. The van der Waals surface area contributed by atoms with Crippen molar-refractivity contribution in [2.24, 2.45) is 0 Å². The zero-order chi connectivity index (χ0) is 20.6. The van der Waals surface area contributed by atoms with Crippen molar-refractivity contribution in [1.82, 2.24) is 14.9 Å². The van der Waals surface area contributed by atoms with Gasteiger partial charge in [0.1, 0.15) is 5.75 Å². The summed E-state index contributed by atoms with van der Waals surface area (Å²) in [5, 5.41) is 7.85. The highest BCUT2D eigenvalue weighted by atomic mass is 32.2. The fourth-order valence-corrected chi connectivity index (χ4v) is 4.13.